The lowest BCUT2D eigenvalue weighted by atomic mass is 9.94. The molecule has 1 aliphatic rings. The van der Waals surface area contributed by atoms with Crippen molar-refractivity contribution in [2.45, 2.75) is 24.9 Å². The standard InChI is InChI=1S/C6H14N2O/c1-6(8)2-5(7)3-9-4-6/h5H,2-4,7-8H2,1H3. The molecule has 1 fully saturated rings. The summed E-state index contributed by atoms with van der Waals surface area (Å²) in [5.74, 6) is 0. The molecule has 0 aromatic rings. The second-order valence-electron chi connectivity index (χ2n) is 3.13. The van der Waals surface area contributed by atoms with Crippen LogP contribution in [0.3, 0.4) is 0 Å². The smallest absolute Gasteiger partial charge is 0.0644 e. The van der Waals surface area contributed by atoms with E-state index in [1.807, 2.05) is 6.92 Å². The Morgan fingerprint density at radius 2 is 2.33 bits per heavy atom. The van der Waals surface area contributed by atoms with Gasteiger partial charge in [-0.1, -0.05) is 0 Å². The third-order valence-electron chi connectivity index (χ3n) is 1.49. The fourth-order valence-electron chi connectivity index (χ4n) is 1.16. The van der Waals surface area contributed by atoms with Crippen LogP contribution in [0.15, 0.2) is 0 Å². The van der Waals surface area contributed by atoms with Gasteiger partial charge in [0.25, 0.3) is 0 Å². The summed E-state index contributed by atoms with van der Waals surface area (Å²) in [5.41, 5.74) is 11.2. The van der Waals surface area contributed by atoms with Crippen molar-refractivity contribution in [3.05, 3.63) is 0 Å². The summed E-state index contributed by atoms with van der Waals surface area (Å²) in [4.78, 5) is 0. The van der Waals surface area contributed by atoms with Crippen LogP contribution >= 0.6 is 0 Å². The number of ether oxygens (including phenoxy) is 1. The third kappa shape index (κ3) is 1.93. The van der Waals surface area contributed by atoms with Crippen LogP contribution in [-0.2, 0) is 4.74 Å². The maximum atomic E-state index is 5.76. The number of hydrogen-bond acceptors (Lipinski definition) is 3. The predicted molar refractivity (Wildman–Crippen MR) is 36.0 cm³/mol. The first-order valence-corrected chi connectivity index (χ1v) is 3.22. The van der Waals surface area contributed by atoms with Crippen LogP contribution in [0.25, 0.3) is 0 Å². The molecule has 0 aliphatic carbocycles. The summed E-state index contributed by atoms with van der Waals surface area (Å²) < 4.78 is 5.15. The molecule has 54 valence electrons. The molecule has 0 amide bonds. The van der Waals surface area contributed by atoms with Gasteiger partial charge in [-0.3, -0.25) is 0 Å². The van der Waals surface area contributed by atoms with E-state index in [2.05, 4.69) is 0 Å². The lowest BCUT2D eigenvalue weighted by molar-refractivity contribution is 0.0325. The first-order valence-electron chi connectivity index (χ1n) is 3.22. The summed E-state index contributed by atoms with van der Waals surface area (Å²) in [6, 6.07) is 0.133. The summed E-state index contributed by atoms with van der Waals surface area (Å²) in [7, 11) is 0. The molecule has 0 saturated carbocycles. The van der Waals surface area contributed by atoms with Gasteiger partial charge in [0, 0.05) is 11.6 Å². The van der Waals surface area contributed by atoms with Crippen LogP contribution in [0.5, 0.6) is 0 Å². The van der Waals surface area contributed by atoms with Crippen molar-refractivity contribution in [3.8, 4) is 0 Å². The molecule has 3 nitrogen and oxygen atoms in total. The molecule has 2 unspecified atom stereocenters. The van der Waals surface area contributed by atoms with Gasteiger partial charge in [0.15, 0.2) is 0 Å². The molecular formula is C6H14N2O. The molecule has 3 heteroatoms. The van der Waals surface area contributed by atoms with Gasteiger partial charge in [-0.2, -0.15) is 0 Å². The Kier molecular flexibility index (Phi) is 1.75. The van der Waals surface area contributed by atoms with Crippen molar-refractivity contribution in [1.29, 1.82) is 0 Å². The van der Waals surface area contributed by atoms with E-state index in [1.54, 1.807) is 0 Å². The first-order chi connectivity index (χ1) is 4.10. The average molecular weight is 130 g/mol. The van der Waals surface area contributed by atoms with Crippen molar-refractivity contribution < 1.29 is 4.74 Å². The fraction of sp³-hybridized carbons (Fsp3) is 1.00. The lowest BCUT2D eigenvalue weighted by Crippen LogP contribution is -2.51. The van der Waals surface area contributed by atoms with Gasteiger partial charge in [0.1, 0.15) is 0 Å². The summed E-state index contributed by atoms with van der Waals surface area (Å²) in [6.45, 7) is 3.26. The maximum absolute atomic E-state index is 5.76. The second kappa shape index (κ2) is 2.25. The Hall–Kier alpha value is -0.120. The zero-order valence-corrected chi connectivity index (χ0v) is 5.76. The highest BCUT2D eigenvalue weighted by molar-refractivity contribution is 4.86. The maximum Gasteiger partial charge on any atom is 0.0644 e. The molecular weight excluding hydrogens is 116 g/mol. The van der Waals surface area contributed by atoms with Crippen molar-refractivity contribution >= 4 is 0 Å². The molecule has 1 saturated heterocycles. The van der Waals surface area contributed by atoms with Crippen molar-refractivity contribution in [1.82, 2.24) is 0 Å². The monoisotopic (exact) mass is 130 g/mol. The SMILES string of the molecule is CC1(N)COCC(N)C1. The molecule has 1 heterocycles. The zero-order chi connectivity index (χ0) is 6.91. The molecule has 0 aromatic heterocycles. The largest absolute Gasteiger partial charge is 0.378 e. The van der Waals surface area contributed by atoms with Gasteiger partial charge < -0.3 is 16.2 Å². The summed E-state index contributed by atoms with van der Waals surface area (Å²) in [5, 5.41) is 0. The predicted octanol–water partition coefficient (Wildman–Crippen LogP) is -0.549. The van der Waals surface area contributed by atoms with Gasteiger partial charge >= 0.3 is 0 Å². The van der Waals surface area contributed by atoms with Crippen LogP contribution in [-0.4, -0.2) is 24.8 Å². The van der Waals surface area contributed by atoms with Gasteiger partial charge in [-0.05, 0) is 13.3 Å². The molecule has 0 radical (unpaired) electrons. The topological polar surface area (TPSA) is 61.3 Å². The van der Waals surface area contributed by atoms with E-state index in [-0.39, 0.29) is 11.6 Å². The van der Waals surface area contributed by atoms with E-state index >= 15 is 0 Å². The molecule has 9 heavy (non-hydrogen) atoms. The molecule has 0 aromatic carbocycles. The third-order valence-corrected chi connectivity index (χ3v) is 1.49. The van der Waals surface area contributed by atoms with E-state index < -0.39 is 0 Å². The quantitative estimate of drug-likeness (QED) is 0.462. The minimum Gasteiger partial charge on any atom is -0.378 e. The summed E-state index contributed by atoms with van der Waals surface area (Å²) in [6.07, 6.45) is 0.868. The second-order valence-corrected chi connectivity index (χ2v) is 3.13. The van der Waals surface area contributed by atoms with Crippen molar-refractivity contribution in [3.63, 3.8) is 0 Å². The van der Waals surface area contributed by atoms with Gasteiger partial charge in [0.2, 0.25) is 0 Å². The molecule has 4 N–H and O–H groups in total. The Morgan fingerprint density at radius 3 is 2.67 bits per heavy atom. The highest BCUT2D eigenvalue weighted by Gasteiger charge is 2.26. The highest BCUT2D eigenvalue weighted by atomic mass is 16.5. The molecule has 0 bridgehead atoms. The molecule has 1 aliphatic heterocycles. The molecule has 0 spiro atoms. The molecule has 1 rings (SSSR count). The minimum absolute atomic E-state index is 0.133. The zero-order valence-electron chi connectivity index (χ0n) is 5.76. The van der Waals surface area contributed by atoms with E-state index in [0.717, 1.165) is 6.42 Å². The lowest BCUT2D eigenvalue weighted by Gasteiger charge is -2.32. The molecule has 2 atom stereocenters. The van der Waals surface area contributed by atoms with Crippen LogP contribution in [0.4, 0.5) is 0 Å². The minimum atomic E-state index is -0.197. The van der Waals surface area contributed by atoms with Crippen molar-refractivity contribution in [2.75, 3.05) is 13.2 Å². The fourth-order valence-corrected chi connectivity index (χ4v) is 1.16. The van der Waals surface area contributed by atoms with E-state index in [4.69, 9.17) is 16.2 Å². The van der Waals surface area contributed by atoms with E-state index in [9.17, 15) is 0 Å². The van der Waals surface area contributed by atoms with Gasteiger partial charge in [0.05, 0.1) is 13.2 Å². The highest BCUT2D eigenvalue weighted by Crippen LogP contribution is 2.13. The Morgan fingerprint density at radius 1 is 1.67 bits per heavy atom. The van der Waals surface area contributed by atoms with E-state index in [0.29, 0.717) is 13.2 Å². The number of hydrogen-bond donors (Lipinski definition) is 2. The van der Waals surface area contributed by atoms with E-state index in [1.165, 1.54) is 0 Å². The Labute approximate surface area is 55.4 Å². The first kappa shape index (κ1) is 6.99. The normalized spacial score (nSPS) is 45.0. The van der Waals surface area contributed by atoms with Crippen LogP contribution in [0.1, 0.15) is 13.3 Å². The van der Waals surface area contributed by atoms with Crippen LogP contribution < -0.4 is 11.5 Å². The number of nitrogens with two attached hydrogens (primary N) is 2. The Balaban J connectivity index is 2.41. The summed E-state index contributed by atoms with van der Waals surface area (Å²) >= 11 is 0. The van der Waals surface area contributed by atoms with Gasteiger partial charge in [-0.25, -0.2) is 0 Å². The van der Waals surface area contributed by atoms with Gasteiger partial charge in [-0.15, -0.1) is 0 Å². The Bertz CT molecular complexity index is 103. The van der Waals surface area contributed by atoms with Crippen LogP contribution in [0.2, 0.25) is 0 Å². The average Bonchev–Trinajstić information content (AvgIpc) is 1.60. The van der Waals surface area contributed by atoms with Crippen molar-refractivity contribution in [2.24, 2.45) is 11.5 Å². The number of rotatable bonds is 0. The van der Waals surface area contributed by atoms with Crippen LogP contribution in [0, 0.1) is 0 Å².